The number of carbonyl (C=O) groups excluding carboxylic acids is 2. The van der Waals surface area contributed by atoms with Crippen LogP contribution in [0.15, 0.2) is 0 Å². The zero-order chi connectivity index (χ0) is 11.4. The van der Waals surface area contributed by atoms with Crippen molar-refractivity contribution in [3.8, 4) is 0 Å². The molecule has 0 fully saturated rings. The van der Waals surface area contributed by atoms with Crippen molar-refractivity contribution in [2.45, 2.75) is 12.2 Å². The van der Waals surface area contributed by atoms with E-state index in [1.807, 2.05) is 0 Å². The van der Waals surface area contributed by atoms with Crippen molar-refractivity contribution in [1.29, 1.82) is 0 Å². The lowest BCUT2D eigenvalue weighted by Gasteiger charge is -2.07. The highest BCUT2D eigenvalue weighted by molar-refractivity contribution is 5.78. The summed E-state index contributed by atoms with van der Waals surface area (Å²) in [5.74, 6) is -4.17. The van der Waals surface area contributed by atoms with Crippen molar-refractivity contribution < 1.29 is 37.6 Å². The first-order chi connectivity index (χ1) is 6.29. The van der Waals surface area contributed by atoms with Gasteiger partial charge in [-0.2, -0.15) is 13.2 Å². The van der Waals surface area contributed by atoms with Crippen LogP contribution in [0.25, 0.3) is 0 Å². The van der Waals surface area contributed by atoms with Gasteiger partial charge in [0.1, 0.15) is 6.04 Å². The van der Waals surface area contributed by atoms with E-state index < -0.39 is 30.8 Å². The molecule has 82 valence electrons. The highest BCUT2D eigenvalue weighted by atomic mass is 19.4. The number of aliphatic hydroxyl groups excluding tert-OH is 1. The molecule has 9 heteroatoms. The van der Waals surface area contributed by atoms with E-state index in [1.165, 1.54) is 0 Å². The summed E-state index contributed by atoms with van der Waals surface area (Å²) in [6, 6.07) is -1.56. The van der Waals surface area contributed by atoms with Gasteiger partial charge >= 0.3 is 18.1 Å². The van der Waals surface area contributed by atoms with Crippen LogP contribution in [0.1, 0.15) is 0 Å². The Labute approximate surface area is 75.3 Å². The second-order valence-electron chi connectivity index (χ2n) is 2.06. The molecule has 0 aliphatic carbocycles. The smallest absolute Gasteiger partial charge is 0.394 e. The Hall–Kier alpha value is -1.35. The SMILES string of the molecule is N[C@@H](CO)C(=O)OOC(=O)C(F)(F)F. The van der Waals surface area contributed by atoms with Crippen molar-refractivity contribution in [2.75, 3.05) is 6.61 Å². The highest BCUT2D eigenvalue weighted by Gasteiger charge is 2.43. The average Bonchev–Trinajstić information content (AvgIpc) is 2.10. The fourth-order valence-corrected chi connectivity index (χ4v) is 0.262. The molecule has 0 rings (SSSR count). The third-order valence-electron chi connectivity index (χ3n) is 0.930. The maximum Gasteiger partial charge on any atom is 0.495 e. The van der Waals surface area contributed by atoms with Crippen molar-refractivity contribution >= 4 is 11.9 Å². The van der Waals surface area contributed by atoms with Gasteiger partial charge in [-0.1, -0.05) is 0 Å². The Morgan fingerprint density at radius 1 is 1.36 bits per heavy atom. The number of carbonyl (C=O) groups is 2. The summed E-state index contributed by atoms with van der Waals surface area (Å²) in [7, 11) is 0. The van der Waals surface area contributed by atoms with Crippen LogP contribution in [-0.4, -0.2) is 35.9 Å². The number of halogens is 3. The summed E-state index contributed by atoms with van der Waals surface area (Å²) >= 11 is 0. The quantitative estimate of drug-likeness (QED) is 0.448. The summed E-state index contributed by atoms with van der Waals surface area (Å²) in [5, 5.41) is 8.24. The molecule has 0 bridgehead atoms. The molecule has 0 saturated heterocycles. The topological polar surface area (TPSA) is 98.8 Å². The van der Waals surface area contributed by atoms with Crippen molar-refractivity contribution in [2.24, 2.45) is 5.73 Å². The first-order valence-electron chi connectivity index (χ1n) is 3.15. The van der Waals surface area contributed by atoms with E-state index >= 15 is 0 Å². The molecule has 0 spiro atoms. The standard InChI is InChI=1S/C5H6F3NO5/c6-5(7,8)4(12)14-13-3(11)2(9)1-10/h2,10H,1,9H2/t2-/m0/s1. The maximum atomic E-state index is 11.4. The Balaban J connectivity index is 3.96. The Bertz CT molecular complexity index is 228. The number of alkyl halides is 3. The molecule has 0 heterocycles. The van der Waals surface area contributed by atoms with Gasteiger partial charge in [-0.15, -0.1) is 0 Å². The molecule has 0 aliphatic heterocycles. The normalized spacial score (nSPS) is 13.2. The molecule has 0 amide bonds. The van der Waals surface area contributed by atoms with Crippen LogP contribution in [-0.2, 0) is 19.4 Å². The monoisotopic (exact) mass is 217 g/mol. The molecule has 1 atom stereocenters. The van der Waals surface area contributed by atoms with Gasteiger partial charge in [0, 0.05) is 0 Å². The van der Waals surface area contributed by atoms with Crippen LogP contribution in [0, 0.1) is 0 Å². The largest absolute Gasteiger partial charge is 0.495 e. The summed E-state index contributed by atoms with van der Waals surface area (Å²) < 4.78 is 34.3. The van der Waals surface area contributed by atoms with Crippen LogP contribution >= 0.6 is 0 Å². The molecular formula is C5H6F3NO5. The lowest BCUT2D eigenvalue weighted by atomic mass is 10.3. The molecule has 3 N–H and O–H groups in total. The van der Waals surface area contributed by atoms with E-state index in [9.17, 15) is 22.8 Å². The van der Waals surface area contributed by atoms with Crippen LogP contribution in [0.3, 0.4) is 0 Å². The van der Waals surface area contributed by atoms with Crippen molar-refractivity contribution in [3.63, 3.8) is 0 Å². The molecular weight excluding hydrogens is 211 g/mol. The lowest BCUT2D eigenvalue weighted by Crippen LogP contribution is -2.37. The van der Waals surface area contributed by atoms with Gasteiger partial charge < -0.3 is 10.8 Å². The molecule has 14 heavy (non-hydrogen) atoms. The van der Waals surface area contributed by atoms with Gasteiger partial charge in [-0.25, -0.2) is 19.4 Å². The number of aliphatic hydroxyl groups is 1. The Kier molecular flexibility index (Phi) is 4.31. The predicted octanol–water partition coefficient (Wildman–Crippen LogP) is -1.13. The van der Waals surface area contributed by atoms with E-state index in [-0.39, 0.29) is 0 Å². The fourth-order valence-electron chi connectivity index (χ4n) is 0.262. The fraction of sp³-hybridized carbons (Fsp3) is 0.600. The van der Waals surface area contributed by atoms with Crippen LogP contribution in [0.2, 0.25) is 0 Å². The predicted molar refractivity (Wildman–Crippen MR) is 33.3 cm³/mol. The number of hydrogen-bond donors (Lipinski definition) is 2. The Morgan fingerprint density at radius 3 is 2.21 bits per heavy atom. The van der Waals surface area contributed by atoms with Gasteiger partial charge in [-0.05, 0) is 0 Å². The molecule has 0 unspecified atom stereocenters. The average molecular weight is 217 g/mol. The zero-order valence-corrected chi connectivity index (χ0v) is 6.58. The minimum absolute atomic E-state index is 0.845. The van der Waals surface area contributed by atoms with Crippen molar-refractivity contribution in [1.82, 2.24) is 0 Å². The molecule has 0 aromatic heterocycles. The number of hydrogen-bond acceptors (Lipinski definition) is 6. The minimum atomic E-state index is -5.26. The highest BCUT2D eigenvalue weighted by Crippen LogP contribution is 2.16. The van der Waals surface area contributed by atoms with Gasteiger partial charge in [0.15, 0.2) is 0 Å². The third kappa shape index (κ3) is 4.05. The molecule has 0 radical (unpaired) electrons. The van der Waals surface area contributed by atoms with Crippen molar-refractivity contribution in [3.05, 3.63) is 0 Å². The summed E-state index contributed by atoms with van der Waals surface area (Å²) in [5.41, 5.74) is 4.81. The van der Waals surface area contributed by atoms with Crippen LogP contribution < -0.4 is 5.73 Å². The van der Waals surface area contributed by atoms with Gasteiger partial charge in [-0.3, -0.25) is 0 Å². The van der Waals surface area contributed by atoms with Gasteiger partial charge in [0.25, 0.3) is 0 Å². The van der Waals surface area contributed by atoms with Gasteiger partial charge in [0.2, 0.25) is 0 Å². The van der Waals surface area contributed by atoms with E-state index in [2.05, 4.69) is 9.78 Å². The summed E-state index contributed by atoms with van der Waals surface area (Å²) in [6.45, 7) is -0.845. The van der Waals surface area contributed by atoms with Crippen LogP contribution in [0.4, 0.5) is 13.2 Å². The van der Waals surface area contributed by atoms with Gasteiger partial charge in [0.05, 0.1) is 6.61 Å². The zero-order valence-electron chi connectivity index (χ0n) is 6.58. The molecule has 0 saturated carbocycles. The first kappa shape index (κ1) is 12.7. The first-order valence-corrected chi connectivity index (χ1v) is 3.15. The summed E-state index contributed by atoms with van der Waals surface area (Å²) in [4.78, 5) is 26.9. The van der Waals surface area contributed by atoms with E-state index in [0.29, 0.717) is 0 Å². The molecule has 6 nitrogen and oxygen atoms in total. The maximum absolute atomic E-state index is 11.4. The lowest BCUT2D eigenvalue weighted by molar-refractivity contribution is -0.286. The molecule has 0 aromatic rings. The number of nitrogens with two attached hydrogens (primary N) is 1. The summed E-state index contributed by atoms with van der Waals surface area (Å²) in [6.07, 6.45) is -5.26. The van der Waals surface area contributed by atoms with Crippen LogP contribution in [0.5, 0.6) is 0 Å². The van der Waals surface area contributed by atoms with E-state index in [0.717, 1.165) is 0 Å². The second kappa shape index (κ2) is 4.77. The second-order valence-corrected chi connectivity index (χ2v) is 2.06. The minimum Gasteiger partial charge on any atom is -0.394 e. The molecule has 0 aromatic carbocycles. The Morgan fingerprint density at radius 2 is 1.86 bits per heavy atom. The number of rotatable bonds is 2. The van der Waals surface area contributed by atoms with E-state index in [4.69, 9.17) is 10.8 Å². The van der Waals surface area contributed by atoms with E-state index in [1.54, 1.807) is 0 Å². The molecule has 0 aliphatic rings. The third-order valence-corrected chi connectivity index (χ3v) is 0.930.